The Kier molecular flexibility index (Phi) is 5.16. The summed E-state index contributed by atoms with van der Waals surface area (Å²) in [7, 11) is 0. The van der Waals surface area contributed by atoms with Crippen molar-refractivity contribution in [3.05, 3.63) is 79.9 Å². The van der Waals surface area contributed by atoms with E-state index in [1.165, 1.54) is 10.6 Å². The predicted octanol–water partition coefficient (Wildman–Crippen LogP) is 1.92. The van der Waals surface area contributed by atoms with Crippen molar-refractivity contribution < 1.29 is 19.4 Å². The molecule has 0 spiro atoms. The van der Waals surface area contributed by atoms with Crippen molar-refractivity contribution >= 4 is 35.4 Å². The van der Waals surface area contributed by atoms with E-state index >= 15 is 0 Å². The molecule has 0 aliphatic carbocycles. The molecule has 0 saturated carbocycles. The third-order valence-corrected chi connectivity index (χ3v) is 5.38. The number of rotatable bonds is 4. The van der Waals surface area contributed by atoms with Gasteiger partial charge in [-0.25, -0.2) is 9.79 Å². The molecule has 1 aliphatic rings. The summed E-state index contributed by atoms with van der Waals surface area (Å²) in [5.41, 5.74) is 1.22. The number of carbonyl (C=O) groups excluding carboxylic acids is 2. The minimum Gasteiger partial charge on any atom is -0.493 e. The van der Waals surface area contributed by atoms with E-state index in [2.05, 4.69) is 4.99 Å². The lowest BCUT2D eigenvalue weighted by Crippen LogP contribution is -2.29. The van der Waals surface area contributed by atoms with Gasteiger partial charge in [0.1, 0.15) is 0 Å². The summed E-state index contributed by atoms with van der Waals surface area (Å²) in [6.45, 7) is 2.01. The van der Waals surface area contributed by atoms with Gasteiger partial charge in [-0.1, -0.05) is 29.5 Å². The molecule has 0 saturated heterocycles. The van der Waals surface area contributed by atoms with E-state index in [1.54, 1.807) is 43.3 Å². The molecule has 1 aromatic heterocycles. The van der Waals surface area contributed by atoms with Gasteiger partial charge in [-0.2, -0.15) is 0 Å². The summed E-state index contributed by atoms with van der Waals surface area (Å²) < 4.78 is 6.30. The molecule has 4 rings (SSSR count). The van der Waals surface area contributed by atoms with E-state index in [0.29, 0.717) is 27.1 Å². The largest absolute Gasteiger partial charge is 0.493 e. The van der Waals surface area contributed by atoms with E-state index < -0.39 is 11.9 Å². The van der Waals surface area contributed by atoms with Crippen LogP contribution in [0.2, 0.25) is 0 Å². The predicted molar refractivity (Wildman–Crippen MR) is 112 cm³/mol. The van der Waals surface area contributed by atoms with Crippen LogP contribution in [0, 0.1) is 5.41 Å². The smallest absolute Gasteiger partial charge is 0.338 e. The Labute approximate surface area is 175 Å². The van der Waals surface area contributed by atoms with Crippen LogP contribution in [0.15, 0.2) is 59.1 Å². The number of nitrogens with zero attached hydrogens (tertiary/aromatic N) is 2. The van der Waals surface area contributed by atoms with Gasteiger partial charge in [-0.3, -0.25) is 14.8 Å². The van der Waals surface area contributed by atoms with Crippen molar-refractivity contribution in [2.45, 2.75) is 6.92 Å². The van der Waals surface area contributed by atoms with Crippen LogP contribution >= 0.6 is 11.3 Å². The van der Waals surface area contributed by atoms with Gasteiger partial charge in [-0.15, -0.1) is 0 Å². The van der Waals surface area contributed by atoms with E-state index in [1.807, 2.05) is 18.2 Å². The Morgan fingerprint density at radius 2 is 1.97 bits per heavy atom. The molecule has 8 heteroatoms. The normalized spacial score (nSPS) is 14.0. The van der Waals surface area contributed by atoms with Crippen molar-refractivity contribution in [1.82, 2.24) is 4.57 Å². The molecule has 0 atom stereocenters. The molecule has 0 unspecified atom stereocenters. The lowest BCUT2D eigenvalue weighted by molar-refractivity contribution is -0.114. The summed E-state index contributed by atoms with van der Waals surface area (Å²) in [6.07, 6.45) is 3.25. The number of fused-ring (bicyclic) bond motifs is 1. The first kappa shape index (κ1) is 19.5. The summed E-state index contributed by atoms with van der Waals surface area (Å²) in [6, 6.07) is 13.7. The Morgan fingerprint density at radius 1 is 1.23 bits per heavy atom. The van der Waals surface area contributed by atoms with Crippen LogP contribution in [0.1, 0.15) is 22.2 Å². The van der Waals surface area contributed by atoms with E-state index in [0.717, 1.165) is 16.6 Å². The number of hydrogen-bond donors (Lipinski definition) is 2. The number of hydrogen-bond acceptors (Lipinski definition) is 6. The standard InChI is InChI=1S/C22H17N3O4S/c1-2-29-21(28)13-7-9-16(10-8-13)25-20(27)18(30-22(25)23)12-15-11-14-5-3-4-6-17(14)24-19(15)26/h3-12,23,27H,2H2,1H3/b15-12-,23-22?. The van der Waals surface area contributed by atoms with Gasteiger partial charge in [0.25, 0.3) is 5.91 Å². The van der Waals surface area contributed by atoms with Crippen LogP contribution in [-0.2, 0) is 9.53 Å². The molecule has 0 fully saturated rings. The molecular formula is C22H17N3O4S. The molecule has 1 amide bonds. The highest BCUT2D eigenvalue weighted by atomic mass is 32.1. The monoisotopic (exact) mass is 419 g/mol. The number of amides is 1. The number of carbonyl (C=O) groups is 2. The lowest BCUT2D eigenvalue weighted by atomic mass is 10.1. The van der Waals surface area contributed by atoms with Crippen LogP contribution in [0.4, 0.5) is 0 Å². The minimum atomic E-state index is -0.435. The van der Waals surface area contributed by atoms with Gasteiger partial charge >= 0.3 is 5.97 Å². The van der Waals surface area contributed by atoms with Gasteiger partial charge in [-0.05, 0) is 49.4 Å². The highest BCUT2D eigenvalue weighted by Gasteiger charge is 2.16. The van der Waals surface area contributed by atoms with E-state index in [4.69, 9.17) is 10.1 Å². The summed E-state index contributed by atoms with van der Waals surface area (Å²) in [5, 5.41) is 20.4. The Balaban J connectivity index is 1.72. The quantitative estimate of drug-likeness (QED) is 0.498. The zero-order valence-electron chi connectivity index (χ0n) is 16.0. The number of aromatic hydroxyl groups is 1. The summed E-state index contributed by atoms with van der Waals surface area (Å²) in [4.78, 5) is 28.7. The maximum Gasteiger partial charge on any atom is 0.338 e. The highest BCUT2D eigenvalue weighted by molar-refractivity contribution is 7.10. The van der Waals surface area contributed by atoms with Crippen LogP contribution in [0.5, 0.6) is 5.88 Å². The van der Waals surface area contributed by atoms with Crippen LogP contribution in [-0.4, -0.2) is 28.2 Å². The first-order valence-corrected chi connectivity index (χ1v) is 9.98. The number of benzene rings is 2. The maximum absolute atomic E-state index is 12.3. The van der Waals surface area contributed by atoms with Crippen molar-refractivity contribution in [1.29, 1.82) is 5.41 Å². The molecule has 2 N–H and O–H groups in total. The average Bonchev–Trinajstić information content (AvgIpc) is 3.02. The fourth-order valence-electron chi connectivity index (χ4n) is 3.06. The van der Waals surface area contributed by atoms with E-state index in [9.17, 15) is 14.7 Å². The van der Waals surface area contributed by atoms with Gasteiger partial charge in [0.2, 0.25) is 5.88 Å². The van der Waals surface area contributed by atoms with E-state index in [-0.39, 0.29) is 17.3 Å². The number of aromatic nitrogens is 1. The van der Waals surface area contributed by atoms with Crippen LogP contribution in [0.25, 0.3) is 17.8 Å². The maximum atomic E-state index is 12.3. The minimum absolute atomic E-state index is 0.0730. The van der Waals surface area contributed by atoms with Gasteiger partial charge in [0.15, 0.2) is 4.80 Å². The first-order chi connectivity index (χ1) is 14.5. The lowest BCUT2D eigenvalue weighted by Gasteiger charge is -2.07. The molecule has 0 radical (unpaired) electrons. The molecule has 30 heavy (non-hydrogen) atoms. The van der Waals surface area contributed by atoms with Crippen molar-refractivity contribution in [3.8, 4) is 11.6 Å². The van der Waals surface area contributed by atoms with Crippen molar-refractivity contribution in [3.63, 3.8) is 0 Å². The third-order valence-electron chi connectivity index (χ3n) is 4.48. The molecule has 0 bridgehead atoms. The third kappa shape index (κ3) is 3.60. The molecule has 2 heterocycles. The second-order valence-electron chi connectivity index (χ2n) is 6.42. The highest BCUT2D eigenvalue weighted by Crippen LogP contribution is 2.27. The number of esters is 1. The zero-order chi connectivity index (χ0) is 21.3. The number of para-hydroxylation sites is 1. The van der Waals surface area contributed by atoms with Crippen molar-refractivity contribution in [2.24, 2.45) is 4.99 Å². The topological polar surface area (TPSA) is 105 Å². The Hall–Kier alpha value is -3.78. The Bertz CT molecular complexity index is 1360. The van der Waals surface area contributed by atoms with Gasteiger partial charge < -0.3 is 9.84 Å². The summed E-state index contributed by atoms with van der Waals surface area (Å²) >= 11 is 1.03. The Morgan fingerprint density at radius 3 is 2.70 bits per heavy atom. The summed E-state index contributed by atoms with van der Waals surface area (Å²) in [5.74, 6) is -1.00. The molecule has 3 aromatic rings. The number of ether oxygens (including phenoxy) is 1. The molecule has 1 aliphatic heterocycles. The molecular weight excluding hydrogens is 402 g/mol. The molecule has 2 aromatic carbocycles. The van der Waals surface area contributed by atoms with Gasteiger partial charge in [0.05, 0.1) is 28.1 Å². The average molecular weight is 419 g/mol. The zero-order valence-corrected chi connectivity index (χ0v) is 16.8. The second-order valence-corrected chi connectivity index (χ2v) is 7.45. The second kappa shape index (κ2) is 7.92. The van der Waals surface area contributed by atoms with Crippen molar-refractivity contribution in [2.75, 3.05) is 6.61 Å². The number of nitrogens with one attached hydrogen (secondary N) is 1. The molecule has 7 nitrogen and oxygen atoms in total. The SMILES string of the molecule is CCOC(=O)c1ccc(-n2c(O)c(/C=C3/C=c4ccccc4=NC3=O)sc2=N)cc1. The fourth-order valence-corrected chi connectivity index (χ4v) is 3.92. The van der Waals surface area contributed by atoms with Crippen LogP contribution in [0.3, 0.4) is 0 Å². The fraction of sp³-hybridized carbons (Fsp3) is 0.0909. The first-order valence-electron chi connectivity index (χ1n) is 9.16. The van der Waals surface area contributed by atoms with Gasteiger partial charge in [0, 0.05) is 10.8 Å². The number of thiazole rings is 1. The van der Waals surface area contributed by atoms with Crippen LogP contribution < -0.4 is 15.4 Å². The molecule has 150 valence electrons.